The van der Waals surface area contributed by atoms with Crippen LogP contribution in [0, 0.1) is 5.92 Å². The number of piperidine rings is 1. The Bertz CT molecular complexity index is 424. The van der Waals surface area contributed by atoms with Crippen molar-refractivity contribution in [3.05, 3.63) is 24.3 Å². The van der Waals surface area contributed by atoms with Crippen LogP contribution in [0.1, 0.15) is 19.3 Å². The third kappa shape index (κ3) is 3.44. The maximum Gasteiger partial charge on any atom is 0.121 e. The van der Waals surface area contributed by atoms with E-state index in [-0.39, 0.29) is 0 Å². The number of anilines is 1. The minimum absolute atomic E-state index is 0.369. The molecule has 1 atom stereocenters. The first-order valence-corrected chi connectivity index (χ1v) is 7.62. The molecule has 0 aromatic heterocycles. The van der Waals surface area contributed by atoms with Crippen LogP contribution in [-0.2, 0) is 4.74 Å². The van der Waals surface area contributed by atoms with Crippen molar-refractivity contribution in [2.24, 2.45) is 11.7 Å². The average Bonchev–Trinajstić information content (AvgIpc) is 3.00. The predicted octanol–water partition coefficient (Wildman–Crippen LogP) is 2.03. The number of nitrogens with zero attached hydrogens (tertiary/aromatic N) is 1. The highest BCUT2D eigenvalue weighted by atomic mass is 16.5. The van der Waals surface area contributed by atoms with Gasteiger partial charge in [0.2, 0.25) is 0 Å². The molecule has 2 aliphatic heterocycles. The summed E-state index contributed by atoms with van der Waals surface area (Å²) in [6, 6.07) is 8.78. The molecular formula is C16H24N2O2. The summed E-state index contributed by atoms with van der Waals surface area (Å²) in [5.74, 6) is 1.51. The summed E-state index contributed by atoms with van der Waals surface area (Å²) in [4.78, 5) is 2.40. The largest absolute Gasteiger partial charge is 0.493 e. The van der Waals surface area contributed by atoms with E-state index in [2.05, 4.69) is 23.1 Å². The summed E-state index contributed by atoms with van der Waals surface area (Å²) < 4.78 is 11.3. The van der Waals surface area contributed by atoms with E-state index in [9.17, 15) is 0 Å². The van der Waals surface area contributed by atoms with Crippen LogP contribution in [0.15, 0.2) is 24.3 Å². The molecule has 2 saturated heterocycles. The average molecular weight is 276 g/mol. The Morgan fingerprint density at radius 3 is 2.85 bits per heavy atom. The molecule has 20 heavy (non-hydrogen) atoms. The van der Waals surface area contributed by atoms with Crippen LogP contribution in [0.25, 0.3) is 0 Å². The van der Waals surface area contributed by atoms with Crippen molar-refractivity contribution in [3.8, 4) is 5.75 Å². The zero-order valence-electron chi connectivity index (χ0n) is 12.0. The lowest BCUT2D eigenvalue weighted by Crippen LogP contribution is -2.39. The molecule has 0 amide bonds. The first-order chi connectivity index (χ1) is 9.81. The Balaban J connectivity index is 1.57. The number of rotatable bonds is 4. The second-order valence-electron chi connectivity index (χ2n) is 5.86. The number of benzene rings is 1. The molecule has 110 valence electrons. The zero-order chi connectivity index (χ0) is 13.8. The molecule has 0 bridgehead atoms. The first kappa shape index (κ1) is 13.7. The highest BCUT2D eigenvalue weighted by Gasteiger charge is 2.18. The summed E-state index contributed by atoms with van der Waals surface area (Å²) in [6.07, 6.45) is 3.26. The van der Waals surface area contributed by atoms with Gasteiger partial charge in [-0.1, -0.05) is 6.07 Å². The molecule has 4 heteroatoms. The Morgan fingerprint density at radius 1 is 1.25 bits per heavy atom. The van der Waals surface area contributed by atoms with E-state index in [4.69, 9.17) is 15.2 Å². The van der Waals surface area contributed by atoms with Gasteiger partial charge in [-0.15, -0.1) is 0 Å². The van der Waals surface area contributed by atoms with Gasteiger partial charge >= 0.3 is 0 Å². The van der Waals surface area contributed by atoms with Gasteiger partial charge in [-0.25, -0.2) is 0 Å². The van der Waals surface area contributed by atoms with E-state index >= 15 is 0 Å². The highest BCUT2D eigenvalue weighted by Crippen LogP contribution is 2.25. The maximum absolute atomic E-state index is 5.96. The quantitative estimate of drug-likeness (QED) is 0.914. The van der Waals surface area contributed by atoms with Gasteiger partial charge in [0.05, 0.1) is 13.2 Å². The third-order valence-electron chi connectivity index (χ3n) is 4.23. The van der Waals surface area contributed by atoms with E-state index in [1.54, 1.807) is 0 Å². The number of ether oxygens (including phenoxy) is 2. The normalized spacial score (nSPS) is 24.1. The van der Waals surface area contributed by atoms with Crippen LogP contribution in [0.4, 0.5) is 5.69 Å². The summed E-state index contributed by atoms with van der Waals surface area (Å²) in [7, 11) is 0. The van der Waals surface area contributed by atoms with Crippen LogP contribution in [-0.4, -0.2) is 39.0 Å². The molecule has 1 unspecified atom stereocenters. The van der Waals surface area contributed by atoms with Crippen LogP contribution in [0.3, 0.4) is 0 Å². The van der Waals surface area contributed by atoms with Gasteiger partial charge in [-0.05, 0) is 31.4 Å². The zero-order valence-corrected chi connectivity index (χ0v) is 12.0. The Kier molecular flexibility index (Phi) is 4.43. The minimum atomic E-state index is 0.369. The van der Waals surface area contributed by atoms with Crippen LogP contribution in [0.2, 0.25) is 0 Å². The third-order valence-corrected chi connectivity index (χ3v) is 4.23. The molecule has 0 radical (unpaired) electrons. The van der Waals surface area contributed by atoms with Gasteiger partial charge in [0.1, 0.15) is 5.75 Å². The second kappa shape index (κ2) is 6.46. The molecular weight excluding hydrogens is 252 g/mol. The van der Waals surface area contributed by atoms with Crippen molar-refractivity contribution in [3.63, 3.8) is 0 Å². The fourth-order valence-electron chi connectivity index (χ4n) is 2.86. The monoisotopic (exact) mass is 276 g/mol. The van der Waals surface area contributed by atoms with Crippen molar-refractivity contribution < 1.29 is 9.47 Å². The van der Waals surface area contributed by atoms with E-state index in [1.807, 2.05) is 6.07 Å². The van der Waals surface area contributed by atoms with Gasteiger partial charge < -0.3 is 20.1 Å². The van der Waals surface area contributed by atoms with Crippen molar-refractivity contribution in [2.75, 3.05) is 37.8 Å². The lowest BCUT2D eigenvalue weighted by molar-refractivity contribution is 0.167. The molecule has 1 aromatic rings. The topological polar surface area (TPSA) is 47.7 Å². The van der Waals surface area contributed by atoms with Gasteiger partial charge in [-0.3, -0.25) is 0 Å². The Labute approximate surface area is 120 Å². The van der Waals surface area contributed by atoms with Gasteiger partial charge in [0.25, 0.3) is 0 Å². The fourth-order valence-corrected chi connectivity index (χ4v) is 2.86. The Morgan fingerprint density at radius 2 is 2.10 bits per heavy atom. The van der Waals surface area contributed by atoms with E-state index in [0.29, 0.717) is 12.0 Å². The summed E-state index contributed by atoms with van der Waals surface area (Å²) >= 11 is 0. The lowest BCUT2D eigenvalue weighted by atomic mass is 10.1. The van der Waals surface area contributed by atoms with Crippen molar-refractivity contribution >= 4 is 5.69 Å². The van der Waals surface area contributed by atoms with Crippen molar-refractivity contribution in [1.29, 1.82) is 0 Å². The molecule has 0 aliphatic carbocycles. The summed E-state index contributed by atoms with van der Waals surface area (Å²) in [6.45, 7) is 4.56. The molecule has 2 heterocycles. The van der Waals surface area contributed by atoms with E-state index in [1.165, 1.54) is 5.69 Å². The standard InChI is InChI=1S/C16H24N2O2/c17-14-4-7-18(8-5-14)15-2-1-3-16(10-15)20-12-13-6-9-19-11-13/h1-3,10,13-14H,4-9,11-12,17H2. The summed E-state index contributed by atoms with van der Waals surface area (Å²) in [5.41, 5.74) is 7.21. The van der Waals surface area contributed by atoms with Crippen LogP contribution >= 0.6 is 0 Å². The minimum Gasteiger partial charge on any atom is -0.493 e. The molecule has 2 fully saturated rings. The summed E-state index contributed by atoms with van der Waals surface area (Å²) in [5, 5.41) is 0. The molecule has 0 spiro atoms. The highest BCUT2D eigenvalue weighted by molar-refractivity contribution is 5.51. The molecule has 3 rings (SSSR count). The molecule has 0 saturated carbocycles. The lowest BCUT2D eigenvalue weighted by Gasteiger charge is -2.32. The first-order valence-electron chi connectivity index (χ1n) is 7.62. The Hall–Kier alpha value is -1.26. The fraction of sp³-hybridized carbons (Fsp3) is 0.625. The molecule has 4 nitrogen and oxygen atoms in total. The molecule has 2 aliphatic rings. The van der Waals surface area contributed by atoms with E-state index < -0.39 is 0 Å². The van der Waals surface area contributed by atoms with Gasteiger partial charge in [-0.2, -0.15) is 0 Å². The van der Waals surface area contributed by atoms with Crippen LogP contribution < -0.4 is 15.4 Å². The molecule has 2 N–H and O–H groups in total. The van der Waals surface area contributed by atoms with Crippen LogP contribution in [0.5, 0.6) is 5.75 Å². The SMILES string of the molecule is NC1CCN(c2cccc(OCC3CCOC3)c2)CC1. The smallest absolute Gasteiger partial charge is 0.121 e. The van der Waals surface area contributed by atoms with Crippen molar-refractivity contribution in [1.82, 2.24) is 0 Å². The predicted molar refractivity (Wildman–Crippen MR) is 80.3 cm³/mol. The number of hydrogen-bond donors (Lipinski definition) is 1. The number of nitrogens with two attached hydrogens (primary N) is 1. The van der Waals surface area contributed by atoms with Gasteiger partial charge in [0.15, 0.2) is 0 Å². The maximum atomic E-state index is 5.96. The molecule has 1 aromatic carbocycles. The van der Waals surface area contributed by atoms with E-state index in [0.717, 1.165) is 57.9 Å². The number of hydrogen-bond acceptors (Lipinski definition) is 4. The van der Waals surface area contributed by atoms with Gasteiger partial charge in [0, 0.05) is 43.4 Å². The van der Waals surface area contributed by atoms with Crippen molar-refractivity contribution in [2.45, 2.75) is 25.3 Å². The second-order valence-corrected chi connectivity index (χ2v) is 5.86.